The highest BCUT2D eigenvalue weighted by Crippen LogP contribution is 2.63. The van der Waals surface area contributed by atoms with Gasteiger partial charge in [0.25, 0.3) is 0 Å². The van der Waals surface area contributed by atoms with E-state index in [4.69, 9.17) is 20.6 Å². The monoisotopic (exact) mass is 348 g/mol. The summed E-state index contributed by atoms with van der Waals surface area (Å²) in [6.45, 7) is 1.82. The van der Waals surface area contributed by atoms with Crippen LogP contribution < -0.4 is 5.30 Å². The Morgan fingerprint density at radius 1 is 1.24 bits per heavy atom. The molecule has 1 aromatic rings. The molecule has 0 bridgehead atoms. The van der Waals surface area contributed by atoms with E-state index in [0.29, 0.717) is 11.2 Å². The lowest BCUT2D eigenvalue weighted by atomic mass is 10.2. The molecule has 0 fully saturated rings. The van der Waals surface area contributed by atoms with Crippen LogP contribution in [0.3, 0.4) is 0 Å². The molecule has 2 atom stereocenters. The molecule has 21 heavy (non-hydrogen) atoms. The first-order valence-corrected chi connectivity index (χ1v) is 10.6. The van der Waals surface area contributed by atoms with Crippen LogP contribution in [0.15, 0.2) is 40.9 Å². The van der Waals surface area contributed by atoms with E-state index in [-0.39, 0.29) is 6.16 Å². The van der Waals surface area contributed by atoms with Crippen LogP contribution in [0, 0.1) is 0 Å². The zero-order valence-electron chi connectivity index (χ0n) is 12.3. The van der Waals surface area contributed by atoms with Gasteiger partial charge in [-0.25, -0.2) is 0 Å². The molecule has 1 aromatic carbocycles. The fourth-order valence-electron chi connectivity index (χ4n) is 2.63. The average Bonchev–Trinajstić information content (AvgIpc) is 2.51. The largest absolute Gasteiger partial charge is 0.338 e. The smallest absolute Gasteiger partial charge is 0.318 e. The van der Waals surface area contributed by atoms with Gasteiger partial charge in [-0.3, -0.25) is 4.57 Å². The molecule has 0 aromatic heterocycles. The van der Waals surface area contributed by atoms with Gasteiger partial charge in [-0.2, -0.15) is 0 Å². The quantitative estimate of drug-likeness (QED) is 0.770. The SMILES string of the molecule is COP(=O)(OC)[C@@H]1CP(=O)(c2ccccc2)CC(C)=C1Cl. The third-order valence-corrected chi connectivity index (χ3v) is 10.2. The van der Waals surface area contributed by atoms with Gasteiger partial charge in [0.2, 0.25) is 0 Å². The normalized spacial score (nSPS) is 27.0. The number of halogens is 1. The zero-order valence-corrected chi connectivity index (χ0v) is 14.8. The van der Waals surface area contributed by atoms with Crippen molar-refractivity contribution >= 4 is 31.6 Å². The van der Waals surface area contributed by atoms with Crippen LogP contribution in [0.2, 0.25) is 0 Å². The highest BCUT2D eigenvalue weighted by atomic mass is 35.5. The molecular weight excluding hydrogens is 330 g/mol. The molecule has 7 heteroatoms. The molecular formula is C14H19ClO4P2. The minimum Gasteiger partial charge on any atom is -0.318 e. The predicted octanol–water partition coefficient (Wildman–Crippen LogP) is 4.06. The van der Waals surface area contributed by atoms with E-state index >= 15 is 0 Å². The van der Waals surface area contributed by atoms with Crippen LogP contribution in [-0.4, -0.2) is 32.2 Å². The number of benzene rings is 1. The molecule has 4 nitrogen and oxygen atoms in total. The topological polar surface area (TPSA) is 52.6 Å². The number of hydrogen-bond donors (Lipinski definition) is 0. The molecule has 1 heterocycles. The van der Waals surface area contributed by atoms with Crippen molar-refractivity contribution in [2.24, 2.45) is 0 Å². The maximum Gasteiger partial charge on any atom is 0.338 e. The Kier molecular flexibility index (Phi) is 5.18. The molecule has 0 radical (unpaired) electrons. The second-order valence-corrected chi connectivity index (χ2v) is 10.9. The first-order chi connectivity index (χ1) is 9.86. The van der Waals surface area contributed by atoms with Crippen LogP contribution in [0.25, 0.3) is 0 Å². The highest BCUT2D eigenvalue weighted by molar-refractivity contribution is 7.73. The molecule has 0 saturated heterocycles. The van der Waals surface area contributed by atoms with Crippen LogP contribution in [-0.2, 0) is 18.2 Å². The van der Waals surface area contributed by atoms with Gasteiger partial charge in [-0.1, -0.05) is 47.5 Å². The summed E-state index contributed by atoms with van der Waals surface area (Å²) in [6, 6.07) is 9.27. The highest BCUT2D eigenvalue weighted by Gasteiger charge is 2.46. The van der Waals surface area contributed by atoms with E-state index < -0.39 is 20.4 Å². The van der Waals surface area contributed by atoms with E-state index in [1.165, 1.54) is 14.2 Å². The standard InChI is InChI=1S/C14H19ClO4P2/c1-11-9-20(16,12-7-5-4-6-8-12)10-13(14(11)15)21(17,18-2)19-3/h4-8,13H,9-10H2,1-3H3/t13-,20?/m1/s1. The fraction of sp³-hybridized carbons (Fsp3) is 0.429. The summed E-state index contributed by atoms with van der Waals surface area (Å²) in [4.78, 5) is 0. The van der Waals surface area contributed by atoms with E-state index in [1.54, 1.807) is 0 Å². The van der Waals surface area contributed by atoms with Crippen molar-refractivity contribution in [2.45, 2.75) is 12.6 Å². The summed E-state index contributed by atoms with van der Waals surface area (Å²) in [7, 11) is -3.47. The van der Waals surface area contributed by atoms with Crippen molar-refractivity contribution in [1.82, 2.24) is 0 Å². The number of hydrogen-bond acceptors (Lipinski definition) is 4. The van der Waals surface area contributed by atoms with E-state index in [2.05, 4.69) is 0 Å². The molecule has 116 valence electrons. The molecule has 0 aliphatic carbocycles. The first-order valence-electron chi connectivity index (χ1n) is 6.56. The summed E-state index contributed by atoms with van der Waals surface area (Å²) < 4.78 is 36.2. The van der Waals surface area contributed by atoms with E-state index in [0.717, 1.165) is 10.9 Å². The Hall–Kier alpha value is -0.370. The molecule has 2 rings (SSSR count). The Balaban J connectivity index is 2.49. The maximum atomic E-state index is 13.4. The van der Waals surface area contributed by atoms with E-state index in [1.807, 2.05) is 37.3 Å². The predicted molar refractivity (Wildman–Crippen MR) is 87.4 cm³/mol. The van der Waals surface area contributed by atoms with Crippen LogP contribution in [0.1, 0.15) is 6.92 Å². The molecule has 0 saturated carbocycles. The first kappa shape index (κ1) is 17.0. The van der Waals surface area contributed by atoms with Crippen LogP contribution >= 0.6 is 26.3 Å². The van der Waals surface area contributed by atoms with Gasteiger partial charge in [0.05, 0.1) is 0 Å². The van der Waals surface area contributed by atoms with Crippen molar-refractivity contribution in [3.05, 3.63) is 40.9 Å². The molecule has 1 aliphatic rings. The summed E-state index contributed by atoms with van der Waals surface area (Å²) >= 11 is 6.32. The summed E-state index contributed by atoms with van der Waals surface area (Å²) in [5.74, 6) is 0. The lowest BCUT2D eigenvalue weighted by Crippen LogP contribution is -2.27. The lowest BCUT2D eigenvalue weighted by molar-refractivity contribution is 0.271. The van der Waals surface area contributed by atoms with Crippen molar-refractivity contribution < 1.29 is 18.2 Å². The van der Waals surface area contributed by atoms with Gasteiger partial charge in [-0.05, 0) is 6.92 Å². The Morgan fingerprint density at radius 3 is 2.33 bits per heavy atom. The molecule has 0 spiro atoms. The summed E-state index contributed by atoms with van der Waals surface area (Å²) in [5.41, 5.74) is 0.114. The Labute approximate surface area is 130 Å². The van der Waals surface area contributed by atoms with Gasteiger partial charge in [0.1, 0.15) is 12.8 Å². The molecule has 1 unspecified atom stereocenters. The van der Waals surface area contributed by atoms with Crippen molar-refractivity contribution in [3.63, 3.8) is 0 Å². The van der Waals surface area contributed by atoms with Crippen LogP contribution in [0.4, 0.5) is 0 Å². The summed E-state index contributed by atoms with van der Waals surface area (Å²) in [6.07, 6.45) is 0.603. The average molecular weight is 349 g/mol. The third-order valence-electron chi connectivity index (χ3n) is 3.78. The lowest BCUT2D eigenvalue weighted by Gasteiger charge is -2.33. The molecule has 0 amide bonds. The maximum absolute atomic E-state index is 13.4. The number of rotatable bonds is 4. The van der Waals surface area contributed by atoms with Crippen molar-refractivity contribution in [3.8, 4) is 0 Å². The Morgan fingerprint density at radius 2 is 1.81 bits per heavy atom. The fourth-order valence-corrected chi connectivity index (χ4v) is 9.00. The van der Waals surface area contributed by atoms with Crippen LogP contribution in [0.5, 0.6) is 0 Å². The van der Waals surface area contributed by atoms with E-state index in [9.17, 15) is 9.13 Å². The van der Waals surface area contributed by atoms with Gasteiger partial charge in [0, 0.05) is 36.9 Å². The second kappa shape index (κ2) is 6.40. The van der Waals surface area contributed by atoms with Crippen molar-refractivity contribution in [1.29, 1.82) is 0 Å². The molecule has 0 N–H and O–H groups in total. The van der Waals surface area contributed by atoms with Gasteiger partial charge >= 0.3 is 7.60 Å². The van der Waals surface area contributed by atoms with Gasteiger partial charge < -0.3 is 13.6 Å². The minimum atomic E-state index is -3.41. The Bertz CT molecular complexity index is 634. The number of allylic oxidation sites excluding steroid dienone is 2. The summed E-state index contributed by atoms with van der Waals surface area (Å²) in [5, 5.41) is 1.22. The van der Waals surface area contributed by atoms with Gasteiger partial charge in [0.15, 0.2) is 0 Å². The minimum absolute atomic E-state index is 0.201. The molecule has 1 aliphatic heterocycles. The zero-order chi connectivity index (χ0) is 15.7. The van der Waals surface area contributed by atoms with Crippen molar-refractivity contribution in [2.75, 3.05) is 26.5 Å². The second-order valence-electron chi connectivity index (χ2n) is 5.11. The van der Waals surface area contributed by atoms with Gasteiger partial charge in [-0.15, -0.1) is 0 Å². The third kappa shape index (κ3) is 3.21.